The highest BCUT2D eigenvalue weighted by Crippen LogP contribution is 2.16. The summed E-state index contributed by atoms with van der Waals surface area (Å²) in [4.78, 5) is 14.1. The van der Waals surface area contributed by atoms with Crippen LogP contribution in [0.3, 0.4) is 0 Å². The fraction of sp³-hybridized carbons (Fsp3) is 0.929. The summed E-state index contributed by atoms with van der Waals surface area (Å²) in [6, 6.07) is 0.119. The molecule has 1 fully saturated rings. The lowest BCUT2D eigenvalue weighted by Crippen LogP contribution is -2.39. The highest BCUT2D eigenvalue weighted by atomic mass is 16.1. The van der Waals surface area contributed by atoms with Crippen molar-refractivity contribution < 1.29 is 4.79 Å². The summed E-state index contributed by atoms with van der Waals surface area (Å²) in [5.41, 5.74) is 5.64. The minimum atomic E-state index is 0.119. The summed E-state index contributed by atoms with van der Waals surface area (Å²) in [5, 5.41) is 3.04. The zero-order chi connectivity index (χ0) is 13.4. The van der Waals surface area contributed by atoms with Crippen LogP contribution in [0.2, 0.25) is 0 Å². The van der Waals surface area contributed by atoms with Gasteiger partial charge in [-0.15, -0.1) is 0 Å². The van der Waals surface area contributed by atoms with Gasteiger partial charge in [-0.1, -0.05) is 6.92 Å². The molecule has 0 aromatic heterocycles. The van der Waals surface area contributed by atoms with Crippen molar-refractivity contribution in [3.63, 3.8) is 0 Å². The lowest BCUT2D eigenvalue weighted by Gasteiger charge is -2.31. The van der Waals surface area contributed by atoms with E-state index < -0.39 is 0 Å². The van der Waals surface area contributed by atoms with Gasteiger partial charge in [0.05, 0.1) is 0 Å². The van der Waals surface area contributed by atoms with E-state index in [4.69, 9.17) is 5.73 Å². The summed E-state index contributed by atoms with van der Waals surface area (Å²) < 4.78 is 0. The largest absolute Gasteiger partial charge is 0.356 e. The van der Waals surface area contributed by atoms with E-state index in [1.807, 2.05) is 6.92 Å². The van der Waals surface area contributed by atoms with E-state index in [2.05, 4.69) is 17.1 Å². The average molecular weight is 255 g/mol. The molecular formula is C14H29N3O. The number of rotatable bonds is 7. The number of nitrogens with zero attached hydrogens (tertiary/aromatic N) is 1. The maximum atomic E-state index is 11.6. The first-order valence-electron chi connectivity index (χ1n) is 7.36. The molecule has 106 valence electrons. The number of piperidine rings is 1. The summed E-state index contributed by atoms with van der Waals surface area (Å²) in [7, 11) is 0. The topological polar surface area (TPSA) is 58.4 Å². The van der Waals surface area contributed by atoms with E-state index in [1.165, 1.54) is 38.9 Å². The van der Waals surface area contributed by atoms with Crippen molar-refractivity contribution in [2.24, 2.45) is 11.7 Å². The maximum absolute atomic E-state index is 11.6. The number of carbonyl (C=O) groups excluding carboxylic acids is 1. The van der Waals surface area contributed by atoms with Gasteiger partial charge in [-0.2, -0.15) is 0 Å². The van der Waals surface area contributed by atoms with Crippen LogP contribution in [0.4, 0.5) is 0 Å². The summed E-state index contributed by atoms with van der Waals surface area (Å²) in [6.45, 7) is 8.61. The molecule has 0 aromatic carbocycles. The van der Waals surface area contributed by atoms with Crippen molar-refractivity contribution >= 4 is 5.91 Å². The molecule has 4 heteroatoms. The molecule has 1 atom stereocenters. The minimum absolute atomic E-state index is 0.119. The molecule has 3 N–H and O–H groups in total. The monoisotopic (exact) mass is 255 g/mol. The van der Waals surface area contributed by atoms with Crippen LogP contribution in [0.5, 0.6) is 0 Å². The smallest absolute Gasteiger partial charge is 0.220 e. The number of hydrogen-bond acceptors (Lipinski definition) is 3. The maximum Gasteiger partial charge on any atom is 0.220 e. The molecule has 0 bridgehead atoms. The van der Waals surface area contributed by atoms with Gasteiger partial charge >= 0.3 is 0 Å². The lowest BCUT2D eigenvalue weighted by molar-refractivity contribution is -0.121. The first-order valence-corrected chi connectivity index (χ1v) is 7.36. The SMILES string of the molecule is CCCN1CCC(CNC(=O)CCC(C)N)CC1. The van der Waals surface area contributed by atoms with Crippen LogP contribution >= 0.6 is 0 Å². The quantitative estimate of drug-likeness (QED) is 0.722. The number of amides is 1. The number of carbonyl (C=O) groups is 1. The molecule has 0 aliphatic carbocycles. The Kier molecular flexibility index (Phi) is 7.28. The van der Waals surface area contributed by atoms with Crippen LogP contribution in [0.25, 0.3) is 0 Å². The first kappa shape index (κ1) is 15.4. The number of likely N-dealkylation sites (tertiary alicyclic amines) is 1. The van der Waals surface area contributed by atoms with Crippen LogP contribution in [-0.4, -0.2) is 43.0 Å². The standard InChI is InChI=1S/C14H29N3O/c1-3-8-17-9-6-13(7-10-17)11-16-14(18)5-4-12(2)15/h12-13H,3-11,15H2,1-2H3,(H,16,18). The molecule has 1 saturated heterocycles. The molecule has 1 aliphatic heterocycles. The lowest BCUT2D eigenvalue weighted by atomic mass is 9.96. The molecule has 18 heavy (non-hydrogen) atoms. The van der Waals surface area contributed by atoms with Crippen LogP contribution in [-0.2, 0) is 4.79 Å². The number of nitrogens with one attached hydrogen (secondary N) is 1. The average Bonchev–Trinajstić information content (AvgIpc) is 2.36. The van der Waals surface area contributed by atoms with Gasteiger partial charge in [-0.25, -0.2) is 0 Å². The van der Waals surface area contributed by atoms with E-state index in [1.54, 1.807) is 0 Å². The zero-order valence-corrected chi connectivity index (χ0v) is 12.0. The van der Waals surface area contributed by atoms with Gasteiger partial charge in [0.25, 0.3) is 0 Å². The van der Waals surface area contributed by atoms with Gasteiger partial charge in [-0.05, 0) is 58.2 Å². The van der Waals surface area contributed by atoms with Crippen LogP contribution in [0, 0.1) is 5.92 Å². The van der Waals surface area contributed by atoms with Gasteiger partial charge in [0.2, 0.25) is 5.91 Å². The third-order valence-electron chi connectivity index (χ3n) is 3.66. The van der Waals surface area contributed by atoms with Gasteiger partial charge in [0.15, 0.2) is 0 Å². The Hall–Kier alpha value is -0.610. The Morgan fingerprint density at radius 1 is 1.44 bits per heavy atom. The van der Waals surface area contributed by atoms with Crippen LogP contribution < -0.4 is 11.1 Å². The van der Waals surface area contributed by atoms with Crippen LogP contribution in [0.1, 0.15) is 46.0 Å². The second-order valence-corrected chi connectivity index (χ2v) is 5.61. The molecule has 1 amide bonds. The van der Waals surface area contributed by atoms with E-state index in [0.717, 1.165) is 13.0 Å². The van der Waals surface area contributed by atoms with E-state index >= 15 is 0 Å². The second kappa shape index (κ2) is 8.48. The Labute approximate surface area is 111 Å². The predicted molar refractivity (Wildman–Crippen MR) is 75.3 cm³/mol. The van der Waals surface area contributed by atoms with Gasteiger partial charge < -0.3 is 16.0 Å². The van der Waals surface area contributed by atoms with Crippen molar-refractivity contribution in [2.75, 3.05) is 26.2 Å². The molecule has 0 aromatic rings. The van der Waals surface area contributed by atoms with Crippen molar-refractivity contribution in [1.29, 1.82) is 0 Å². The first-order chi connectivity index (χ1) is 8.61. The molecule has 1 heterocycles. The highest BCUT2D eigenvalue weighted by Gasteiger charge is 2.18. The Balaban J connectivity index is 2.08. The van der Waals surface area contributed by atoms with Crippen molar-refractivity contribution in [2.45, 2.75) is 52.0 Å². The fourth-order valence-corrected chi connectivity index (χ4v) is 2.44. The molecular weight excluding hydrogens is 226 g/mol. The number of hydrogen-bond donors (Lipinski definition) is 2. The Morgan fingerprint density at radius 2 is 2.11 bits per heavy atom. The van der Waals surface area contributed by atoms with Crippen molar-refractivity contribution in [1.82, 2.24) is 10.2 Å². The number of nitrogens with two attached hydrogens (primary N) is 1. The molecule has 1 unspecified atom stereocenters. The molecule has 0 radical (unpaired) electrons. The predicted octanol–water partition coefficient (Wildman–Crippen LogP) is 1.35. The second-order valence-electron chi connectivity index (χ2n) is 5.61. The van der Waals surface area contributed by atoms with Gasteiger partial charge in [0, 0.05) is 19.0 Å². The van der Waals surface area contributed by atoms with Crippen LogP contribution in [0.15, 0.2) is 0 Å². The van der Waals surface area contributed by atoms with Crippen molar-refractivity contribution in [3.05, 3.63) is 0 Å². The third kappa shape index (κ3) is 6.36. The minimum Gasteiger partial charge on any atom is -0.356 e. The fourth-order valence-electron chi connectivity index (χ4n) is 2.44. The highest BCUT2D eigenvalue weighted by molar-refractivity contribution is 5.75. The Bertz CT molecular complexity index is 235. The molecule has 1 rings (SSSR count). The van der Waals surface area contributed by atoms with E-state index in [0.29, 0.717) is 12.3 Å². The Morgan fingerprint density at radius 3 is 2.67 bits per heavy atom. The molecule has 1 aliphatic rings. The molecule has 0 saturated carbocycles. The summed E-state index contributed by atoms with van der Waals surface area (Å²) >= 11 is 0. The molecule has 4 nitrogen and oxygen atoms in total. The van der Waals surface area contributed by atoms with E-state index in [-0.39, 0.29) is 11.9 Å². The zero-order valence-electron chi connectivity index (χ0n) is 12.0. The molecule has 0 spiro atoms. The summed E-state index contributed by atoms with van der Waals surface area (Å²) in [6.07, 6.45) is 5.01. The van der Waals surface area contributed by atoms with Gasteiger partial charge in [-0.3, -0.25) is 4.79 Å². The normalized spacial score (nSPS) is 19.7. The van der Waals surface area contributed by atoms with E-state index in [9.17, 15) is 4.79 Å². The van der Waals surface area contributed by atoms with Gasteiger partial charge in [0.1, 0.15) is 0 Å². The third-order valence-corrected chi connectivity index (χ3v) is 3.66. The summed E-state index contributed by atoms with van der Waals surface area (Å²) in [5.74, 6) is 0.820. The van der Waals surface area contributed by atoms with Crippen molar-refractivity contribution in [3.8, 4) is 0 Å².